The van der Waals surface area contributed by atoms with Crippen LogP contribution < -0.4 is 10.2 Å². The number of nitrogens with one attached hydrogen (secondary N) is 1. The first kappa shape index (κ1) is 15.8. The molecule has 1 N–H and O–H groups in total. The average molecular weight is 294 g/mol. The van der Waals surface area contributed by atoms with Crippen molar-refractivity contribution in [2.75, 3.05) is 25.6 Å². The van der Waals surface area contributed by atoms with Crippen molar-refractivity contribution in [1.82, 2.24) is 5.32 Å². The number of rotatable bonds is 7. The van der Waals surface area contributed by atoms with E-state index in [0.29, 0.717) is 24.7 Å². The average Bonchev–Trinajstić information content (AvgIpc) is 3.28. The molecular formula is C16H23FN2O2. The van der Waals surface area contributed by atoms with Crippen LogP contribution in [-0.2, 0) is 9.53 Å². The van der Waals surface area contributed by atoms with Crippen LogP contribution in [0.3, 0.4) is 0 Å². The molecule has 1 aliphatic rings. The molecule has 0 heterocycles. The van der Waals surface area contributed by atoms with Crippen LogP contribution >= 0.6 is 0 Å². The van der Waals surface area contributed by atoms with Crippen molar-refractivity contribution in [2.45, 2.75) is 37.8 Å². The largest absolute Gasteiger partial charge is 0.468 e. The predicted molar refractivity (Wildman–Crippen MR) is 80.9 cm³/mol. The zero-order chi connectivity index (χ0) is 15.5. The molecule has 1 aliphatic carbocycles. The van der Waals surface area contributed by atoms with Crippen LogP contribution in [0.15, 0.2) is 24.3 Å². The first-order valence-corrected chi connectivity index (χ1v) is 7.28. The summed E-state index contributed by atoms with van der Waals surface area (Å²) in [6.45, 7) is 2.42. The standard InChI is InChI=1S/C16H23FN2O2/c1-16(15(20)21-3,18-12-8-9-12)10-11-19(2)14-7-5-4-6-13(14)17/h4-7,12,18H,8-11H2,1-3H3. The number of methoxy groups -OCH3 is 1. The lowest BCUT2D eigenvalue weighted by Gasteiger charge is -2.31. The van der Waals surface area contributed by atoms with Crippen LogP contribution in [0.5, 0.6) is 0 Å². The molecule has 21 heavy (non-hydrogen) atoms. The number of benzene rings is 1. The van der Waals surface area contributed by atoms with Crippen LogP contribution in [-0.4, -0.2) is 38.3 Å². The Balaban J connectivity index is 2.00. The highest BCUT2D eigenvalue weighted by Crippen LogP contribution is 2.26. The van der Waals surface area contributed by atoms with Gasteiger partial charge in [0.25, 0.3) is 0 Å². The van der Waals surface area contributed by atoms with Crippen LogP contribution in [0, 0.1) is 5.82 Å². The van der Waals surface area contributed by atoms with Gasteiger partial charge >= 0.3 is 5.97 Å². The Bertz CT molecular complexity index is 505. The van der Waals surface area contributed by atoms with Crippen molar-refractivity contribution in [2.24, 2.45) is 0 Å². The van der Waals surface area contributed by atoms with Gasteiger partial charge in [0, 0.05) is 19.6 Å². The summed E-state index contributed by atoms with van der Waals surface area (Å²) in [6, 6.07) is 7.04. The number of hydrogen-bond acceptors (Lipinski definition) is 4. The molecule has 1 aromatic carbocycles. The molecule has 0 aromatic heterocycles. The number of para-hydroxylation sites is 1. The summed E-state index contributed by atoms with van der Waals surface area (Å²) in [6.07, 6.45) is 2.74. The maximum Gasteiger partial charge on any atom is 0.325 e. The molecule has 1 unspecified atom stereocenters. The van der Waals surface area contributed by atoms with Gasteiger partial charge in [0.15, 0.2) is 0 Å². The minimum absolute atomic E-state index is 0.255. The number of carbonyl (C=O) groups is 1. The van der Waals surface area contributed by atoms with Crippen LogP contribution in [0.1, 0.15) is 26.2 Å². The van der Waals surface area contributed by atoms with E-state index in [1.165, 1.54) is 13.2 Å². The summed E-state index contributed by atoms with van der Waals surface area (Å²) >= 11 is 0. The van der Waals surface area contributed by atoms with Gasteiger partial charge < -0.3 is 9.64 Å². The number of halogens is 1. The Morgan fingerprint density at radius 2 is 2.14 bits per heavy atom. The first-order chi connectivity index (χ1) is 9.96. The predicted octanol–water partition coefficient (Wildman–Crippen LogP) is 2.34. The van der Waals surface area contributed by atoms with Crippen LogP contribution in [0.25, 0.3) is 0 Å². The zero-order valence-corrected chi connectivity index (χ0v) is 12.9. The summed E-state index contributed by atoms with van der Waals surface area (Å²) in [4.78, 5) is 13.9. The number of hydrogen-bond donors (Lipinski definition) is 1. The second-order valence-electron chi connectivity index (χ2n) is 5.87. The smallest absolute Gasteiger partial charge is 0.325 e. The van der Waals surface area contributed by atoms with Gasteiger partial charge in [-0.1, -0.05) is 12.1 Å². The van der Waals surface area contributed by atoms with Gasteiger partial charge in [0.05, 0.1) is 12.8 Å². The van der Waals surface area contributed by atoms with Crippen molar-refractivity contribution in [3.63, 3.8) is 0 Å². The lowest BCUT2D eigenvalue weighted by Crippen LogP contribution is -2.52. The Kier molecular flexibility index (Phi) is 4.83. The summed E-state index contributed by atoms with van der Waals surface area (Å²) in [5.41, 5.74) is -0.189. The quantitative estimate of drug-likeness (QED) is 0.784. The number of anilines is 1. The minimum Gasteiger partial charge on any atom is -0.468 e. The maximum absolute atomic E-state index is 13.8. The van der Waals surface area contributed by atoms with Gasteiger partial charge in [0.2, 0.25) is 0 Å². The summed E-state index contributed by atoms with van der Waals surface area (Å²) in [7, 11) is 3.23. The highest BCUT2D eigenvalue weighted by molar-refractivity contribution is 5.80. The third kappa shape index (κ3) is 3.94. The highest BCUT2D eigenvalue weighted by atomic mass is 19.1. The van der Waals surface area contributed by atoms with Gasteiger partial charge in [-0.05, 0) is 38.3 Å². The minimum atomic E-state index is -0.727. The molecule has 0 amide bonds. The van der Waals surface area contributed by atoms with E-state index in [-0.39, 0.29) is 11.8 Å². The van der Waals surface area contributed by atoms with Gasteiger partial charge in [-0.15, -0.1) is 0 Å². The molecule has 116 valence electrons. The molecule has 1 fully saturated rings. The lowest BCUT2D eigenvalue weighted by molar-refractivity contribution is -0.148. The second kappa shape index (κ2) is 6.43. The molecule has 1 atom stereocenters. The fourth-order valence-electron chi connectivity index (χ4n) is 2.41. The third-order valence-corrected chi connectivity index (χ3v) is 3.95. The Morgan fingerprint density at radius 1 is 1.48 bits per heavy atom. The van der Waals surface area contributed by atoms with E-state index < -0.39 is 5.54 Å². The van der Waals surface area contributed by atoms with Crippen LogP contribution in [0.4, 0.5) is 10.1 Å². The van der Waals surface area contributed by atoms with Crippen molar-refractivity contribution >= 4 is 11.7 Å². The van der Waals surface area contributed by atoms with Gasteiger partial charge in [-0.2, -0.15) is 0 Å². The maximum atomic E-state index is 13.8. The molecular weight excluding hydrogens is 271 g/mol. The number of carbonyl (C=O) groups excluding carboxylic acids is 1. The normalized spacial score (nSPS) is 17.1. The Hall–Kier alpha value is -1.62. The molecule has 0 spiro atoms. The van der Waals surface area contributed by atoms with Crippen LogP contribution in [0.2, 0.25) is 0 Å². The molecule has 0 saturated heterocycles. The number of nitrogens with zero attached hydrogens (tertiary/aromatic N) is 1. The third-order valence-electron chi connectivity index (χ3n) is 3.95. The van der Waals surface area contributed by atoms with E-state index in [1.807, 2.05) is 18.9 Å². The molecule has 5 heteroatoms. The monoisotopic (exact) mass is 294 g/mol. The first-order valence-electron chi connectivity index (χ1n) is 7.28. The second-order valence-corrected chi connectivity index (χ2v) is 5.87. The van der Waals surface area contributed by atoms with E-state index >= 15 is 0 Å². The zero-order valence-electron chi connectivity index (χ0n) is 12.9. The van der Waals surface area contributed by atoms with E-state index in [0.717, 1.165) is 12.8 Å². The number of ether oxygens (including phenoxy) is 1. The Labute approximate surface area is 125 Å². The molecule has 1 aromatic rings. The fourth-order valence-corrected chi connectivity index (χ4v) is 2.41. The lowest BCUT2D eigenvalue weighted by atomic mass is 9.97. The number of esters is 1. The van der Waals surface area contributed by atoms with E-state index in [4.69, 9.17) is 4.74 Å². The van der Waals surface area contributed by atoms with Gasteiger partial charge in [-0.3, -0.25) is 10.1 Å². The SMILES string of the molecule is COC(=O)C(C)(CCN(C)c1ccccc1F)NC1CC1. The fraction of sp³-hybridized carbons (Fsp3) is 0.562. The highest BCUT2D eigenvalue weighted by Gasteiger charge is 2.39. The van der Waals surface area contributed by atoms with Crippen molar-refractivity contribution < 1.29 is 13.9 Å². The molecule has 2 rings (SSSR count). The van der Waals surface area contributed by atoms with Crippen molar-refractivity contribution in [1.29, 1.82) is 0 Å². The summed E-state index contributed by atoms with van der Waals surface area (Å²) in [5.74, 6) is -0.522. The summed E-state index contributed by atoms with van der Waals surface area (Å²) in [5, 5.41) is 3.34. The molecule has 1 saturated carbocycles. The van der Waals surface area contributed by atoms with Crippen molar-refractivity contribution in [3.05, 3.63) is 30.1 Å². The van der Waals surface area contributed by atoms with E-state index in [9.17, 15) is 9.18 Å². The molecule has 0 radical (unpaired) electrons. The summed E-state index contributed by atoms with van der Waals surface area (Å²) < 4.78 is 18.7. The van der Waals surface area contributed by atoms with E-state index in [2.05, 4.69) is 5.32 Å². The molecule has 4 nitrogen and oxygen atoms in total. The Morgan fingerprint density at radius 3 is 2.71 bits per heavy atom. The van der Waals surface area contributed by atoms with Gasteiger partial charge in [-0.25, -0.2) is 4.39 Å². The molecule has 0 aliphatic heterocycles. The van der Waals surface area contributed by atoms with Crippen molar-refractivity contribution in [3.8, 4) is 0 Å². The topological polar surface area (TPSA) is 41.6 Å². The van der Waals surface area contributed by atoms with E-state index in [1.54, 1.807) is 18.2 Å². The van der Waals surface area contributed by atoms with Gasteiger partial charge in [0.1, 0.15) is 11.4 Å². The molecule has 0 bridgehead atoms.